The summed E-state index contributed by atoms with van der Waals surface area (Å²) in [6, 6.07) is 7.21. The van der Waals surface area contributed by atoms with Crippen molar-refractivity contribution in [1.82, 2.24) is 15.8 Å². The summed E-state index contributed by atoms with van der Waals surface area (Å²) in [6.07, 6.45) is 5.88. The molecule has 3 fully saturated rings. The van der Waals surface area contributed by atoms with E-state index in [2.05, 4.69) is 50.8 Å². The van der Waals surface area contributed by atoms with Crippen molar-refractivity contribution in [2.45, 2.75) is 44.4 Å². The van der Waals surface area contributed by atoms with Crippen LogP contribution in [0.1, 0.15) is 36.8 Å². The summed E-state index contributed by atoms with van der Waals surface area (Å²) in [4.78, 5) is 9.56. The smallest absolute Gasteiger partial charge is 0.209 e. The third kappa shape index (κ3) is 2.98. The van der Waals surface area contributed by atoms with E-state index < -0.39 is 5.79 Å². The number of benzene rings is 1. The normalized spacial score (nSPS) is 36.1. The van der Waals surface area contributed by atoms with Crippen LogP contribution in [-0.4, -0.2) is 43.1 Å². The molecular formula is C20H31N7. The number of rotatable bonds is 3. The molecule has 0 aromatic heterocycles. The molecule has 6 N–H and O–H groups in total. The Kier molecular flexibility index (Phi) is 4.07. The summed E-state index contributed by atoms with van der Waals surface area (Å²) in [5.41, 5.74) is 21.2. The van der Waals surface area contributed by atoms with E-state index in [1.807, 2.05) is 0 Å². The number of hydrogen-bond donors (Lipinski definition) is 4. The predicted octanol–water partition coefficient (Wildman–Crippen LogP) is 0.797. The number of nitrogens with zero attached hydrogens (tertiary/aromatic N) is 3. The van der Waals surface area contributed by atoms with Gasteiger partial charge in [-0.3, -0.25) is 16.1 Å². The van der Waals surface area contributed by atoms with Crippen LogP contribution in [-0.2, 0) is 5.79 Å². The highest BCUT2D eigenvalue weighted by Crippen LogP contribution is 2.46. The summed E-state index contributed by atoms with van der Waals surface area (Å²) < 4.78 is 0. The summed E-state index contributed by atoms with van der Waals surface area (Å²) in [6.45, 7) is 6.73. The molecule has 4 aliphatic rings. The minimum Gasteiger partial charge on any atom is -0.369 e. The molecule has 1 aromatic carbocycles. The lowest BCUT2D eigenvalue weighted by atomic mass is 9.93. The molecule has 4 unspecified atom stereocenters. The Balaban J connectivity index is 1.26. The number of fused-ring (bicyclic) bond motifs is 2. The average molecular weight is 370 g/mol. The summed E-state index contributed by atoms with van der Waals surface area (Å²) >= 11 is 0. The van der Waals surface area contributed by atoms with Crippen molar-refractivity contribution in [3.63, 3.8) is 0 Å². The first-order valence-corrected chi connectivity index (χ1v) is 10.3. The third-order valence-electron chi connectivity index (χ3n) is 7.14. The summed E-state index contributed by atoms with van der Waals surface area (Å²) in [7, 11) is 0. The highest BCUT2D eigenvalue weighted by Gasteiger charge is 2.42. The number of hydrogen-bond acceptors (Lipinski definition) is 7. The number of hydrazine groups is 1. The molecule has 2 bridgehead atoms. The minimum atomic E-state index is -0.992. The van der Waals surface area contributed by atoms with E-state index >= 15 is 0 Å². The molecule has 1 saturated heterocycles. The summed E-state index contributed by atoms with van der Waals surface area (Å²) in [5.74, 6) is 1.32. The molecule has 0 radical (unpaired) electrons. The summed E-state index contributed by atoms with van der Waals surface area (Å²) in [5, 5.41) is 0. The average Bonchev–Trinajstić information content (AvgIpc) is 3.38. The number of aliphatic imine (C=N–C) groups is 1. The second kappa shape index (κ2) is 6.36. The van der Waals surface area contributed by atoms with Crippen molar-refractivity contribution >= 4 is 11.6 Å². The van der Waals surface area contributed by atoms with Crippen molar-refractivity contribution in [1.29, 1.82) is 0 Å². The second-order valence-electron chi connectivity index (χ2n) is 8.78. The monoisotopic (exact) mass is 369 g/mol. The highest BCUT2D eigenvalue weighted by molar-refractivity contribution is 5.79. The van der Waals surface area contributed by atoms with Crippen LogP contribution < -0.4 is 27.2 Å². The zero-order valence-corrected chi connectivity index (χ0v) is 16.1. The quantitative estimate of drug-likeness (QED) is 0.630. The zero-order valence-electron chi connectivity index (χ0n) is 16.1. The molecule has 2 aliphatic heterocycles. The Morgan fingerprint density at radius 2 is 1.96 bits per heavy atom. The van der Waals surface area contributed by atoms with Gasteiger partial charge in [0.2, 0.25) is 11.7 Å². The minimum absolute atomic E-state index is 0.316. The molecule has 0 spiro atoms. The maximum Gasteiger partial charge on any atom is 0.209 e. The first kappa shape index (κ1) is 17.3. The Bertz CT molecular complexity index is 755. The van der Waals surface area contributed by atoms with E-state index in [4.69, 9.17) is 11.5 Å². The predicted molar refractivity (Wildman–Crippen MR) is 108 cm³/mol. The molecule has 7 nitrogen and oxygen atoms in total. The molecule has 2 aliphatic carbocycles. The van der Waals surface area contributed by atoms with Gasteiger partial charge in [0.1, 0.15) is 0 Å². The van der Waals surface area contributed by atoms with Crippen molar-refractivity contribution in [3.05, 3.63) is 29.3 Å². The van der Waals surface area contributed by atoms with Crippen molar-refractivity contribution in [2.24, 2.45) is 28.3 Å². The second-order valence-corrected chi connectivity index (χ2v) is 8.78. The molecule has 7 heteroatoms. The number of anilines is 1. The van der Waals surface area contributed by atoms with Crippen LogP contribution in [0.25, 0.3) is 0 Å². The van der Waals surface area contributed by atoms with Crippen LogP contribution in [0.2, 0.25) is 0 Å². The number of aryl methyl sites for hydroxylation is 1. The van der Waals surface area contributed by atoms with Crippen molar-refractivity contribution in [3.8, 4) is 0 Å². The molecule has 27 heavy (non-hydrogen) atoms. The van der Waals surface area contributed by atoms with E-state index in [0.717, 1.165) is 36.5 Å². The van der Waals surface area contributed by atoms with Crippen LogP contribution >= 0.6 is 0 Å². The molecule has 2 saturated carbocycles. The maximum absolute atomic E-state index is 6.32. The Morgan fingerprint density at radius 1 is 1.15 bits per heavy atom. The molecule has 1 aromatic rings. The number of piperazine rings is 1. The van der Waals surface area contributed by atoms with Gasteiger partial charge in [-0.05, 0) is 55.7 Å². The fourth-order valence-electron chi connectivity index (χ4n) is 5.74. The lowest BCUT2D eigenvalue weighted by molar-refractivity contribution is 0.135. The van der Waals surface area contributed by atoms with Gasteiger partial charge < -0.3 is 10.6 Å². The van der Waals surface area contributed by atoms with E-state index in [1.54, 1.807) is 0 Å². The van der Waals surface area contributed by atoms with E-state index in [1.165, 1.54) is 50.0 Å². The molecule has 146 valence electrons. The van der Waals surface area contributed by atoms with Gasteiger partial charge in [0, 0.05) is 43.5 Å². The SMILES string of the molecule is Cc1cc(C2(N)N=C(N)NN2)ccc1N1CCN(C2CC3CCC2C3)CC1. The molecule has 5 rings (SSSR count). The van der Waals surface area contributed by atoms with Crippen molar-refractivity contribution < 1.29 is 0 Å². The first-order chi connectivity index (χ1) is 13.0. The number of nitrogens with one attached hydrogen (secondary N) is 2. The van der Waals surface area contributed by atoms with Crippen LogP contribution in [0, 0.1) is 18.8 Å². The van der Waals surface area contributed by atoms with Gasteiger partial charge in [-0.1, -0.05) is 12.5 Å². The molecular weight excluding hydrogens is 338 g/mol. The van der Waals surface area contributed by atoms with Crippen LogP contribution in [0.3, 0.4) is 0 Å². The zero-order chi connectivity index (χ0) is 18.6. The van der Waals surface area contributed by atoms with Gasteiger partial charge in [-0.15, -0.1) is 0 Å². The molecule has 4 atom stereocenters. The third-order valence-corrected chi connectivity index (χ3v) is 7.14. The van der Waals surface area contributed by atoms with Crippen LogP contribution in [0.4, 0.5) is 5.69 Å². The Hall–Kier alpha value is -1.83. The lowest BCUT2D eigenvalue weighted by Crippen LogP contribution is -2.52. The topological polar surface area (TPSA) is 94.9 Å². The lowest BCUT2D eigenvalue weighted by Gasteiger charge is -2.42. The fourth-order valence-corrected chi connectivity index (χ4v) is 5.74. The standard InChI is InChI=1S/C20H31N7/c1-13-10-16(20(22)23-19(21)24-25-20)4-5-17(13)26-6-8-27(9-7-26)18-12-14-2-3-15(18)11-14/h4-5,10,14-15,18,25H,2-3,6-9,11-12,22H2,1H3,(H3,21,23,24). The highest BCUT2D eigenvalue weighted by atomic mass is 15.6. The van der Waals surface area contributed by atoms with Crippen LogP contribution in [0.5, 0.6) is 0 Å². The van der Waals surface area contributed by atoms with Gasteiger partial charge in [0.15, 0.2) is 0 Å². The van der Waals surface area contributed by atoms with Crippen LogP contribution in [0.15, 0.2) is 23.2 Å². The largest absolute Gasteiger partial charge is 0.369 e. The molecule has 2 heterocycles. The maximum atomic E-state index is 6.32. The number of guanidine groups is 1. The number of nitrogens with two attached hydrogens (primary N) is 2. The molecule has 0 amide bonds. The Labute approximate surface area is 161 Å². The first-order valence-electron chi connectivity index (χ1n) is 10.3. The van der Waals surface area contributed by atoms with Gasteiger partial charge in [-0.25, -0.2) is 4.99 Å². The van der Waals surface area contributed by atoms with E-state index in [-0.39, 0.29) is 0 Å². The van der Waals surface area contributed by atoms with Gasteiger partial charge >= 0.3 is 0 Å². The fraction of sp³-hybridized carbons (Fsp3) is 0.650. The van der Waals surface area contributed by atoms with Gasteiger partial charge in [0.05, 0.1) is 0 Å². The Morgan fingerprint density at radius 3 is 2.56 bits per heavy atom. The van der Waals surface area contributed by atoms with E-state index in [0.29, 0.717) is 5.96 Å². The van der Waals surface area contributed by atoms with E-state index in [9.17, 15) is 0 Å². The van der Waals surface area contributed by atoms with Gasteiger partial charge in [0.25, 0.3) is 0 Å². The van der Waals surface area contributed by atoms with Crippen molar-refractivity contribution in [2.75, 3.05) is 31.1 Å². The van der Waals surface area contributed by atoms with Gasteiger partial charge in [-0.2, -0.15) is 5.43 Å².